The molecule has 1 aromatic heterocycles. The second kappa shape index (κ2) is 7.87. The van der Waals surface area contributed by atoms with E-state index in [1.165, 1.54) is 12.3 Å². The summed E-state index contributed by atoms with van der Waals surface area (Å²) in [7, 11) is 0. The Morgan fingerprint density at radius 2 is 2.00 bits per heavy atom. The topological polar surface area (TPSA) is 77.6 Å². The fraction of sp³-hybridized carbons (Fsp3) is 0.625. The molecule has 0 saturated heterocycles. The van der Waals surface area contributed by atoms with Crippen molar-refractivity contribution >= 4 is 6.16 Å². The summed E-state index contributed by atoms with van der Waals surface area (Å²) < 4.78 is 15.4. The van der Waals surface area contributed by atoms with Gasteiger partial charge in [-0.05, 0) is 33.1 Å². The van der Waals surface area contributed by atoms with E-state index >= 15 is 0 Å². The Labute approximate surface area is 130 Å². The lowest BCUT2D eigenvalue weighted by atomic mass is 10.1. The van der Waals surface area contributed by atoms with Crippen LogP contribution in [0.1, 0.15) is 46.7 Å². The van der Waals surface area contributed by atoms with Gasteiger partial charge in [-0.15, -0.1) is 0 Å². The van der Waals surface area contributed by atoms with Crippen molar-refractivity contribution in [1.82, 2.24) is 4.98 Å². The number of pyridine rings is 1. The average molecular weight is 311 g/mol. The second-order valence-electron chi connectivity index (χ2n) is 6.47. The molecule has 0 unspecified atom stereocenters. The Morgan fingerprint density at radius 3 is 2.55 bits per heavy atom. The Morgan fingerprint density at radius 1 is 1.32 bits per heavy atom. The molecule has 0 aliphatic heterocycles. The fourth-order valence-corrected chi connectivity index (χ4v) is 1.52. The lowest BCUT2D eigenvalue weighted by Gasteiger charge is -2.18. The summed E-state index contributed by atoms with van der Waals surface area (Å²) in [4.78, 5) is 26.2. The fourth-order valence-electron chi connectivity index (χ4n) is 1.52. The highest BCUT2D eigenvalue weighted by Crippen LogP contribution is 2.10. The largest absolute Gasteiger partial charge is 0.509 e. The summed E-state index contributed by atoms with van der Waals surface area (Å²) in [5, 5.41) is 0. The lowest BCUT2D eigenvalue weighted by Crippen LogP contribution is -2.24. The van der Waals surface area contributed by atoms with Gasteiger partial charge in [0, 0.05) is 12.3 Å². The molecule has 22 heavy (non-hydrogen) atoms. The first-order chi connectivity index (χ1) is 10.2. The molecule has 1 heterocycles. The predicted octanol–water partition coefficient (Wildman–Crippen LogP) is 3.25. The van der Waals surface area contributed by atoms with Gasteiger partial charge in [0.15, 0.2) is 5.75 Å². The minimum absolute atomic E-state index is 0.0591. The van der Waals surface area contributed by atoms with Crippen molar-refractivity contribution in [3.63, 3.8) is 0 Å². The van der Waals surface area contributed by atoms with E-state index in [1.807, 2.05) is 0 Å². The third-order valence-corrected chi connectivity index (χ3v) is 2.62. The van der Waals surface area contributed by atoms with E-state index in [-0.39, 0.29) is 17.8 Å². The van der Waals surface area contributed by atoms with Gasteiger partial charge in [-0.2, -0.15) is 0 Å². The number of ether oxygens (including phenoxy) is 3. The van der Waals surface area contributed by atoms with Crippen LogP contribution in [-0.4, -0.2) is 23.3 Å². The number of hydrogen-bond donors (Lipinski definition) is 1. The normalized spacial score (nSPS) is 11.4. The van der Waals surface area contributed by atoms with Crippen molar-refractivity contribution in [2.24, 2.45) is 5.92 Å². The monoisotopic (exact) mass is 311 g/mol. The van der Waals surface area contributed by atoms with Crippen LogP contribution < -0.4 is 10.2 Å². The van der Waals surface area contributed by atoms with Crippen LogP contribution in [0, 0.1) is 5.92 Å². The minimum atomic E-state index is -0.773. The summed E-state index contributed by atoms with van der Waals surface area (Å²) in [5.74, 6) is 0.780. The van der Waals surface area contributed by atoms with Crippen molar-refractivity contribution in [3.8, 4) is 5.75 Å². The number of aromatic nitrogens is 1. The van der Waals surface area contributed by atoms with Gasteiger partial charge in [0.2, 0.25) is 5.43 Å². The molecule has 0 aliphatic carbocycles. The zero-order chi connectivity index (χ0) is 16.8. The molecule has 6 nitrogen and oxygen atoms in total. The maximum absolute atomic E-state index is 11.9. The van der Waals surface area contributed by atoms with Crippen LogP contribution >= 0.6 is 0 Å². The summed E-state index contributed by atoms with van der Waals surface area (Å²) in [5.41, 5.74) is -0.379. The van der Waals surface area contributed by atoms with Crippen LogP contribution in [0.3, 0.4) is 0 Å². The predicted molar refractivity (Wildman–Crippen MR) is 83.0 cm³/mol. The number of carbonyl (C=O) groups excluding carboxylic acids is 1. The Bertz CT molecular complexity index is 542. The summed E-state index contributed by atoms with van der Waals surface area (Å²) in [6.07, 6.45) is 1.59. The van der Waals surface area contributed by atoms with Crippen LogP contribution in [0.2, 0.25) is 0 Å². The SMILES string of the molecule is CC(C)CCOc1c[nH]c(COC(=O)OC(C)(C)C)cc1=O. The molecule has 6 heteroatoms. The highest BCUT2D eigenvalue weighted by Gasteiger charge is 2.17. The van der Waals surface area contributed by atoms with E-state index in [0.717, 1.165) is 6.42 Å². The van der Waals surface area contributed by atoms with Crippen LogP contribution in [0.5, 0.6) is 5.75 Å². The summed E-state index contributed by atoms with van der Waals surface area (Å²) >= 11 is 0. The second-order valence-corrected chi connectivity index (χ2v) is 6.47. The standard InChI is InChI=1S/C16H25NO5/c1-11(2)6-7-20-14-9-17-12(8-13(14)18)10-21-15(19)22-16(3,4)5/h8-9,11H,6-7,10H2,1-5H3,(H,17,18). The molecular weight excluding hydrogens is 286 g/mol. The summed E-state index contributed by atoms with van der Waals surface area (Å²) in [6.45, 7) is 9.86. The van der Waals surface area contributed by atoms with E-state index in [4.69, 9.17) is 14.2 Å². The van der Waals surface area contributed by atoms with Gasteiger partial charge in [-0.25, -0.2) is 4.79 Å². The molecule has 1 N–H and O–H groups in total. The van der Waals surface area contributed by atoms with Gasteiger partial charge in [-0.1, -0.05) is 13.8 Å². The minimum Gasteiger partial charge on any atom is -0.488 e. The molecule has 0 spiro atoms. The zero-order valence-electron chi connectivity index (χ0n) is 13.9. The molecule has 0 fully saturated rings. The van der Waals surface area contributed by atoms with Gasteiger partial charge in [0.25, 0.3) is 0 Å². The molecule has 0 bridgehead atoms. The Balaban J connectivity index is 2.51. The third kappa shape index (κ3) is 7.15. The molecule has 0 atom stereocenters. The Hall–Kier alpha value is -1.98. The summed E-state index contributed by atoms with van der Waals surface area (Å²) in [6, 6.07) is 1.36. The average Bonchev–Trinajstić information content (AvgIpc) is 2.36. The molecular formula is C16H25NO5. The van der Waals surface area contributed by atoms with E-state index in [0.29, 0.717) is 18.2 Å². The molecule has 0 aromatic carbocycles. The van der Waals surface area contributed by atoms with Crippen LogP contribution in [0.25, 0.3) is 0 Å². The van der Waals surface area contributed by atoms with Crippen molar-refractivity contribution < 1.29 is 19.0 Å². The number of rotatable bonds is 6. The first-order valence-corrected chi connectivity index (χ1v) is 7.37. The van der Waals surface area contributed by atoms with Gasteiger partial charge in [0.05, 0.1) is 12.3 Å². The van der Waals surface area contributed by atoms with Gasteiger partial charge < -0.3 is 19.2 Å². The highest BCUT2D eigenvalue weighted by atomic mass is 16.7. The van der Waals surface area contributed by atoms with Crippen LogP contribution in [0.15, 0.2) is 17.1 Å². The first kappa shape index (κ1) is 18.1. The number of nitrogens with one attached hydrogen (secondary N) is 1. The van der Waals surface area contributed by atoms with Crippen LogP contribution in [0.4, 0.5) is 4.79 Å². The van der Waals surface area contributed by atoms with Crippen LogP contribution in [-0.2, 0) is 16.1 Å². The molecule has 124 valence electrons. The number of H-pyrrole nitrogens is 1. The molecule has 1 rings (SSSR count). The van der Waals surface area contributed by atoms with Gasteiger partial charge in [-0.3, -0.25) is 4.79 Å². The van der Waals surface area contributed by atoms with Crippen molar-refractivity contribution in [3.05, 3.63) is 28.2 Å². The van der Waals surface area contributed by atoms with E-state index in [1.54, 1.807) is 20.8 Å². The number of carbonyl (C=O) groups is 1. The van der Waals surface area contributed by atoms with E-state index < -0.39 is 11.8 Å². The smallest absolute Gasteiger partial charge is 0.488 e. The molecule has 1 aromatic rings. The molecule has 0 saturated carbocycles. The lowest BCUT2D eigenvalue weighted by molar-refractivity contribution is -0.0112. The zero-order valence-corrected chi connectivity index (χ0v) is 13.9. The number of aromatic amines is 1. The molecule has 0 aliphatic rings. The Kier molecular flexibility index (Phi) is 6.46. The van der Waals surface area contributed by atoms with Crippen molar-refractivity contribution in [2.45, 2.75) is 53.2 Å². The van der Waals surface area contributed by atoms with Gasteiger partial charge >= 0.3 is 6.16 Å². The number of hydrogen-bond acceptors (Lipinski definition) is 5. The van der Waals surface area contributed by atoms with E-state index in [2.05, 4.69) is 18.8 Å². The third-order valence-electron chi connectivity index (χ3n) is 2.62. The molecule has 0 amide bonds. The maximum Gasteiger partial charge on any atom is 0.509 e. The van der Waals surface area contributed by atoms with Crippen molar-refractivity contribution in [2.75, 3.05) is 6.61 Å². The van der Waals surface area contributed by atoms with Crippen molar-refractivity contribution in [1.29, 1.82) is 0 Å². The van der Waals surface area contributed by atoms with E-state index in [9.17, 15) is 9.59 Å². The van der Waals surface area contributed by atoms with Gasteiger partial charge in [0.1, 0.15) is 12.2 Å². The quantitative estimate of drug-likeness (QED) is 0.816. The maximum atomic E-state index is 11.9. The molecule has 0 radical (unpaired) electrons. The first-order valence-electron chi connectivity index (χ1n) is 7.37. The highest BCUT2D eigenvalue weighted by molar-refractivity contribution is 5.60.